The van der Waals surface area contributed by atoms with E-state index in [1.807, 2.05) is 0 Å². The molecule has 0 amide bonds. The normalized spacial score (nSPS) is 22.2. The molecule has 0 saturated carbocycles. The molecule has 4 aliphatic rings. The van der Waals surface area contributed by atoms with E-state index in [0.29, 0.717) is 0 Å². The van der Waals surface area contributed by atoms with Crippen LogP contribution < -0.4 is 20.4 Å². The minimum atomic E-state index is -0.752. The zero-order chi connectivity index (χ0) is 30.2. The molecule has 0 aliphatic carbocycles. The number of aliphatic imine (C=N–C) groups is 4. The largest absolute Gasteiger partial charge is 2.00 e. The van der Waals surface area contributed by atoms with Gasteiger partial charge in [0.15, 0.2) is 24.2 Å². The van der Waals surface area contributed by atoms with E-state index in [-0.39, 0.29) is 65.4 Å². The van der Waals surface area contributed by atoms with Crippen LogP contribution in [0.15, 0.2) is 20.0 Å². The summed E-state index contributed by atoms with van der Waals surface area (Å²) >= 11 is 0. The number of methoxy groups -OCH3 is 4. The molecule has 0 aromatic rings. The van der Waals surface area contributed by atoms with E-state index in [9.17, 15) is 39.6 Å². The van der Waals surface area contributed by atoms with Crippen LogP contribution >= 0.6 is 0 Å². The third-order valence-electron chi connectivity index (χ3n) is 4.40. The van der Waals surface area contributed by atoms with Crippen LogP contribution in [0.2, 0.25) is 0 Å². The Hall–Kier alpha value is -3.79. The summed E-state index contributed by atoms with van der Waals surface area (Å²) in [6, 6.07) is -3.01. The number of carbonyl (C=O) groups excluding carboxylic acids is 4. The third-order valence-corrected chi connectivity index (χ3v) is 4.40. The molecule has 4 heterocycles. The second-order valence-electron chi connectivity index (χ2n) is 6.98. The Kier molecular flexibility index (Phi) is 20.2. The van der Waals surface area contributed by atoms with Gasteiger partial charge in [-0.2, -0.15) is 0 Å². The summed E-state index contributed by atoms with van der Waals surface area (Å²) in [6.45, 7) is 0.0219. The van der Waals surface area contributed by atoms with E-state index < -0.39 is 72.4 Å². The Balaban J connectivity index is 0. The number of carbonyl (C=O) groups is 4. The topological polar surface area (TPSA) is 284 Å². The number of hydrogen-bond acceptors (Lipinski definition) is 20. The number of hydrogen-bond donors (Lipinski definition) is 0. The van der Waals surface area contributed by atoms with Crippen LogP contribution in [0.25, 0.3) is 0 Å². The van der Waals surface area contributed by atoms with E-state index in [2.05, 4.69) is 57.9 Å². The van der Waals surface area contributed by atoms with Crippen molar-refractivity contribution in [1.29, 1.82) is 0 Å². The van der Waals surface area contributed by atoms with Gasteiger partial charge >= 0.3 is 62.8 Å². The number of ether oxygens (including phenoxy) is 8. The first-order valence-corrected chi connectivity index (χ1v) is 10.8. The van der Waals surface area contributed by atoms with Crippen molar-refractivity contribution in [2.45, 2.75) is 24.2 Å². The number of rotatable bonds is 4. The fourth-order valence-corrected chi connectivity index (χ4v) is 2.44. The molecule has 4 atom stereocenters. The Morgan fingerprint density at radius 1 is 0.500 bits per heavy atom. The van der Waals surface area contributed by atoms with Gasteiger partial charge in [-0.25, -0.2) is 19.2 Å². The fourth-order valence-electron chi connectivity index (χ4n) is 2.44. The van der Waals surface area contributed by atoms with Gasteiger partial charge in [0.1, 0.15) is 24.3 Å². The SMILES string of the molecule is COC(=O)[C@@H]1COC([O-])=N1.COC(=O)[C@@H]1COC([O-])=N1.COC(=O)[C@@H]1COC([O-])=N1.COC(=O)[C@@H]1COC([O-])=N1.[Rh+2].[Rh+2]. The first-order valence-electron chi connectivity index (χ1n) is 10.8. The molecule has 20 nitrogen and oxygen atoms in total. The third kappa shape index (κ3) is 14.2. The standard InChI is InChI=1S/4C5H7NO4.2Rh/c4*1-9-4(7)3-2-10-5(8)6-3;;/h4*3H,2H2,1H3,(H,6,8);;/q;;;;2*+2/p-4/t4*3-;;/m0000../s1. The Morgan fingerprint density at radius 2 is 0.667 bits per heavy atom. The molecular weight excluding hydrogens is 758 g/mol. The summed E-state index contributed by atoms with van der Waals surface area (Å²) in [5.74, 6) is -2.14. The van der Waals surface area contributed by atoms with Crippen molar-refractivity contribution in [3.8, 4) is 0 Å². The van der Waals surface area contributed by atoms with Crippen LogP contribution in [0.3, 0.4) is 0 Å². The van der Waals surface area contributed by atoms with Crippen LogP contribution in [0, 0.1) is 0 Å². The van der Waals surface area contributed by atoms with Crippen LogP contribution in [0.1, 0.15) is 0 Å². The Bertz CT molecular complexity index is 878. The Labute approximate surface area is 263 Å². The van der Waals surface area contributed by atoms with Gasteiger partial charge in [-0.3, -0.25) is 20.0 Å². The summed E-state index contributed by atoms with van der Waals surface area (Å²) in [6.07, 6.45) is -2.79. The van der Waals surface area contributed by atoms with Crippen molar-refractivity contribution in [2.75, 3.05) is 54.9 Å². The summed E-state index contributed by atoms with van der Waals surface area (Å²) < 4.78 is 34.8. The van der Waals surface area contributed by atoms with Crippen molar-refractivity contribution < 1.29 is 116 Å². The van der Waals surface area contributed by atoms with Gasteiger partial charge in [-0.05, 0) is 0 Å². The van der Waals surface area contributed by atoms with E-state index in [0.717, 1.165) is 0 Å². The molecule has 238 valence electrons. The maximum Gasteiger partial charge on any atom is 2.00 e. The van der Waals surface area contributed by atoms with Gasteiger partial charge in [0.2, 0.25) is 0 Å². The maximum atomic E-state index is 10.6. The van der Waals surface area contributed by atoms with Gasteiger partial charge in [-0.15, -0.1) is 0 Å². The van der Waals surface area contributed by atoms with Crippen molar-refractivity contribution in [3.63, 3.8) is 0 Å². The van der Waals surface area contributed by atoms with Crippen LogP contribution in [0.5, 0.6) is 0 Å². The summed E-state index contributed by atoms with van der Waals surface area (Å²) in [4.78, 5) is 55.7. The molecule has 0 saturated heterocycles. The molecule has 42 heavy (non-hydrogen) atoms. The van der Waals surface area contributed by atoms with Crippen molar-refractivity contribution in [2.24, 2.45) is 20.0 Å². The predicted octanol–water partition coefficient (Wildman–Crippen LogP) is -6.91. The van der Waals surface area contributed by atoms with Crippen molar-refractivity contribution in [3.05, 3.63) is 0 Å². The summed E-state index contributed by atoms with van der Waals surface area (Å²) in [5.41, 5.74) is 0. The monoisotopic (exact) mass is 782 g/mol. The van der Waals surface area contributed by atoms with Crippen LogP contribution in [-0.2, 0) is 96.0 Å². The predicted molar refractivity (Wildman–Crippen MR) is 117 cm³/mol. The summed E-state index contributed by atoms with van der Waals surface area (Å²) in [7, 11) is 4.95. The first-order chi connectivity index (χ1) is 18.9. The van der Waals surface area contributed by atoms with E-state index in [4.69, 9.17) is 0 Å². The zero-order valence-electron chi connectivity index (χ0n) is 22.1. The molecule has 0 N–H and O–H groups in total. The van der Waals surface area contributed by atoms with Crippen LogP contribution in [0.4, 0.5) is 0 Å². The molecule has 0 fully saturated rings. The first kappa shape index (κ1) is 40.3. The second kappa shape index (κ2) is 21.0. The average Bonchev–Trinajstić information content (AvgIpc) is 3.77. The zero-order valence-corrected chi connectivity index (χ0v) is 25.4. The quantitative estimate of drug-likeness (QED) is 0.145. The summed E-state index contributed by atoms with van der Waals surface area (Å²) in [5, 5.41) is 41.1. The second-order valence-corrected chi connectivity index (χ2v) is 6.98. The van der Waals surface area contributed by atoms with Gasteiger partial charge < -0.3 is 58.3 Å². The van der Waals surface area contributed by atoms with Crippen LogP contribution in [-0.4, -0.2) is 127 Å². The van der Waals surface area contributed by atoms with Crippen molar-refractivity contribution >= 4 is 48.2 Å². The molecule has 0 bridgehead atoms. The van der Waals surface area contributed by atoms with Gasteiger partial charge in [0.05, 0.1) is 28.4 Å². The van der Waals surface area contributed by atoms with E-state index in [1.54, 1.807) is 0 Å². The molecule has 0 aromatic carbocycles. The molecule has 0 aromatic heterocycles. The maximum absolute atomic E-state index is 10.6. The molecule has 4 aliphatic heterocycles. The van der Waals surface area contributed by atoms with Gasteiger partial charge in [0.25, 0.3) is 0 Å². The molecule has 4 rings (SSSR count). The Morgan fingerprint density at radius 3 is 0.762 bits per heavy atom. The number of esters is 4. The molecule has 2 radical (unpaired) electrons. The molecule has 0 spiro atoms. The van der Waals surface area contributed by atoms with Gasteiger partial charge in [0, 0.05) is 26.4 Å². The average molecular weight is 782 g/mol. The van der Waals surface area contributed by atoms with Crippen molar-refractivity contribution in [1.82, 2.24) is 0 Å². The smallest absolute Gasteiger partial charge is 0.598 e. The number of nitrogens with zero attached hydrogens (tertiary/aromatic N) is 4. The molecule has 0 unspecified atom stereocenters. The van der Waals surface area contributed by atoms with Gasteiger partial charge in [-0.1, -0.05) is 0 Å². The molecular formula is C20H24N4O16Rh2. The minimum Gasteiger partial charge on any atom is -0.598 e. The fraction of sp³-hybridized carbons (Fsp3) is 0.600. The van der Waals surface area contributed by atoms with E-state index >= 15 is 0 Å². The van der Waals surface area contributed by atoms with E-state index in [1.165, 1.54) is 28.4 Å². The molecule has 22 heteroatoms. The minimum absolute atomic E-state index is 0.